The summed E-state index contributed by atoms with van der Waals surface area (Å²) in [7, 11) is -3.41. The highest BCUT2D eigenvalue weighted by Gasteiger charge is 2.30. The van der Waals surface area contributed by atoms with E-state index in [4.69, 9.17) is 4.74 Å². The van der Waals surface area contributed by atoms with E-state index in [0.29, 0.717) is 10.9 Å². The summed E-state index contributed by atoms with van der Waals surface area (Å²) in [6.07, 6.45) is 2.98. The number of ether oxygens (including phenoxy) is 1. The van der Waals surface area contributed by atoms with Gasteiger partial charge in [0, 0.05) is 25.2 Å². The van der Waals surface area contributed by atoms with E-state index in [2.05, 4.69) is 9.62 Å². The summed E-state index contributed by atoms with van der Waals surface area (Å²) >= 11 is 0. The molecule has 2 unspecified atom stereocenters. The molecule has 0 amide bonds. The maximum atomic E-state index is 12.4. The molecule has 0 aromatic heterocycles. The van der Waals surface area contributed by atoms with E-state index >= 15 is 0 Å². The summed E-state index contributed by atoms with van der Waals surface area (Å²) < 4.78 is 33.0. The van der Waals surface area contributed by atoms with E-state index in [1.54, 1.807) is 24.3 Å². The van der Waals surface area contributed by atoms with Gasteiger partial charge in [-0.15, -0.1) is 0 Å². The average Bonchev–Trinajstić information content (AvgIpc) is 3.02. The van der Waals surface area contributed by atoms with Crippen LogP contribution in [-0.4, -0.2) is 51.7 Å². The zero-order valence-electron chi connectivity index (χ0n) is 12.1. The van der Waals surface area contributed by atoms with Crippen molar-refractivity contribution in [3.8, 4) is 0 Å². The quantitative estimate of drug-likeness (QED) is 0.908. The Morgan fingerprint density at radius 2 is 2.00 bits per heavy atom. The van der Waals surface area contributed by atoms with Crippen LogP contribution < -0.4 is 4.72 Å². The van der Waals surface area contributed by atoms with Gasteiger partial charge in [0.25, 0.3) is 0 Å². The Hall–Kier alpha value is -0.950. The SMILES string of the molecule is O=S(=O)(NC1CCCN(C2CCOC2)C1)c1ccccc1. The number of likely N-dealkylation sites (tertiary alicyclic amines) is 1. The first-order valence-corrected chi connectivity index (χ1v) is 9.03. The molecular weight excluding hydrogens is 288 g/mol. The third kappa shape index (κ3) is 3.63. The Balaban J connectivity index is 1.64. The highest BCUT2D eigenvalue weighted by Crippen LogP contribution is 2.20. The van der Waals surface area contributed by atoms with Crippen molar-refractivity contribution in [2.24, 2.45) is 0 Å². The standard InChI is InChI=1S/C15H22N2O3S/c18-21(19,15-6-2-1-3-7-15)16-13-5-4-9-17(11-13)14-8-10-20-12-14/h1-3,6-7,13-14,16H,4-5,8-12H2. The van der Waals surface area contributed by atoms with Gasteiger partial charge in [0.15, 0.2) is 0 Å². The number of hydrogen-bond donors (Lipinski definition) is 1. The van der Waals surface area contributed by atoms with Gasteiger partial charge in [0.1, 0.15) is 0 Å². The fourth-order valence-corrected chi connectivity index (χ4v) is 4.41. The van der Waals surface area contributed by atoms with Crippen LogP contribution in [0, 0.1) is 0 Å². The van der Waals surface area contributed by atoms with Gasteiger partial charge in [-0.2, -0.15) is 0 Å². The van der Waals surface area contributed by atoms with Gasteiger partial charge in [-0.1, -0.05) is 18.2 Å². The monoisotopic (exact) mass is 310 g/mol. The van der Waals surface area contributed by atoms with E-state index in [0.717, 1.165) is 45.6 Å². The summed E-state index contributed by atoms with van der Waals surface area (Å²) in [5.74, 6) is 0. The van der Waals surface area contributed by atoms with Crippen LogP contribution in [0.3, 0.4) is 0 Å². The van der Waals surface area contributed by atoms with E-state index in [9.17, 15) is 8.42 Å². The molecule has 2 heterocycles. The molecule has 0 aliphatic carbocycles. The van der Waals surface area contributed by atoms with Crippen LogP contribution in [0.15, 0.2) is 35.2 Å². The molecule has 2 atom stereocenters. The lowest BCUT2D eigenvalue weighted by atomic mass is 10.0. The van der Waals surface area contributed by atoms with Crippen molar-refractivity contribution < 1.29 is 13.2 Å². The molecule has 1 N–H and O–H groups in total. The van der Waals surface area contributed by atoms with Crippen LogP contribution in [0.25, 0.3) is 0 Å². The molecule has 1 aromatic rings. The summed E-state index contributed by atoms with van der Waals surface area (Å²) in [6, 6.07) is 9.02. The van der Waals surface area contributed by atoms with Crippen molar-refractivity contribution in [3.63, 3.8) is 0 Å². The molecule has 0 radical (unpaired) electrons. The molecule has 2 aliphatic rings. The van der Waals surface area contributed by atoms with Crippen molar-refractivity contribution in [3.05, 3.63) is 30.3 Å². The first-order chi connectivity index (χ1) is 10.1. The molecule has 0 spiro atoms. The number of benzene rings is 1. The second-order valence-corrected chi connectivity index (χ2v) is 7.50. The summed E-state index contributed by atoms with van der Waals surface area (Å²) in [5.41, 5.74) is 0. The minimum atomic E-state index is -3.41. The van der Waals surface area contributed by atoms with Crippen molar-refractivity contribution in [1.82, 2.24) is 9.62 Å². The molecule has 1 aromatic carbocycles. The first-order valence-electron chi connectivity index (χ1n) is 7.54. The van der Waals surface area contributed by atoms with Crippen molar-refractivity contribution >= 4 is 10.0 Å². The number of sulfonamides is 1. The molecule has 116 valence electrons. The predicted molar refractivity (Wildman–Crippen MR) is 80.6 cm³/mol. The number of hydrogen-bond acceptors (Lipinski definition) is 4. The Morgan fingerprint density at radius 1 is 1.19 bits per heavy atom. The Kier molecular flexibility index (Phi) is 4.59. The van der Waals surface area contributed by atoms with Crippen LogP contribution >= 0.6 is 0 Å². The lowest BCUT2D eigenvalue weighted by molar-refractivity contribution is 0.117. The maximum absolute atomic E-state index is 12.4. The summed E-state index contributed by atoms with van der Waals surface area (Å²) in [6.45, 7) is 3.41. The second-order valence-electron chi connectivity index (χ2n) is 5.79. The summed E-state index contributed by atoms with van der Waals surface area (Å²) in [5, 5.41) is 0. The van der Waals surface area contributed by atoms with E-state index < -0.39 is 10.0 Å². The van der Waals surface area contributed by atoms with Gasteiger partial charge in [0.2, 0.25) is 10.0 Å². The molecule has 2 saturated heterocycles. The van der Waals surface area contributed by atoms with Crippen molar-refractivity contribution in [2.75, 3.05) is 26.3 Å². The fourth-order valence-electron chi connectivity index (χ4n) is 3.13. The van der Waals surface area contributed by atoms with Gasteiger partial charge >= 0.3 is 0 Å². The van der Waals surface area contributed by atoms with E-state index in [1.165, 1.54) is 0 Å². The minimum Gasteiger partial charge on any atom is -0.380 e. The molecule has 21 heavy (non-hydrogen) atoms. The van der Waals surface area contributed by atoms with E-state index in [1.807, 2.05) is 6.07 Å². The number of nitrogens with one attached hydrogen (secondary N) is 1. The lowest BCUT2D eigenvalue weighted by Crippen LogP contribution is -2.51. The van der Waals surface area contributed by atoms with Gasteiger partial charge in [-0.05, 0) is 37.9 Å². The largest absolute Gasteiger partial charge is 0.380 e. The normalized spacial score (nSPS) is 27.8. The first kappa shape index (κ1) is 15.0. The minimum absolute atomic E-state index is 0.00967. The van der Waals surface area contributed by atoms with Crippen LogP contribution in [0.4, 0.5) is 0 Å². The summed E-state index contributed by atoms with van der Waals surface area (Å²) in [4.78, 5) is 2.71. The highest BCUT2D eigenvalue weighted by molar-refractivity contribution is 7.89. The maximum Gasteiger partial charge on any atom is 0.240 e. The molecular formula is C15H22N2O3S. The third-order valence-corrected chi connectivity index (χ3v) is 5.79. The van der Waals surface area contributed by atoms with E-state index in [-0.39, 0.29) is 6.04 Å². The molecule has 2 aliphatic heterocycles. The zero-order valence-corrected chi connectivity index (χ0v) is 12.9. The van der Waals surface area contributed by atoms with Crippen LogP contribution in [-0.2, 0) is 14.8 Å². The topological polar surface area (TPSA) is 58.6 Å². The second kappa shape index (κ2) is 6.44. The fraction of sp³-hybridized carbons (Fsp3) is 0.600. The van der Waals surface area contributed by atoms with Crippen LogP contribution in [0.1, 0.15) is 19.3 Å². The molecule has 3 rings (SSSR count). The Labute approximate surface area is 126 Å². The van der Waals surface area contributed by atoms with Gasteiger partial charge in [-0.3, -0.25) is 4.90 Å². The van der Waals surface area contributed by atoms with Crippen LogP contribution in [0.2, 0.25) is 0 Å². The average molecular weight is 310 g/mol. The zero-order chi connectivity index (χ0) is 14.7. The number of rotatable bonds is 4. The molecule has 2 fully saturated rings. The van der Waals surface area contributed by atoms with Crippen molar-refractivity contribution in [1.29, 1.82) is 0 Å². The van der Waals surface area contributed by atoms with Gasteiger partial charge < -0.3 is 4.74 Å². The highest BCUT2D eigenvalue weighted by atomic mass is 32.2. The van der Waals surface area contributed by atoms with Gasteiger partial charge in [-0.25, -0.2) is 13.1 Å². The molecule has 0 bridgehead atoms. The number of piperidine rings is 1. The molecule has 0 saturated carbocycles. The Bertz CT molecular complexity index is 556. The van der Waals surface area contributed by atoms with Crippen LogP contribution in [0.5, 0.6) is 0 Å². The predicted octanol–water partition coefficient (Wildman–Crippen LogP) is 1.22. The molecule has 5 nitrogen and oxygen atoms in total. The lowest BCUT2D eigenvalue weighted by Gasteiger charge is -2.36. The smallest absolute Gasteiger partial charge is 0.240 e. The number of nitrogens with zero attached hydrogens (tertiary/aromatic N) is 1. The van der Waals surface area contributed by atoms with Gasteiger partial charge in [0.05, 0.1) is 11.5 Å². The Morgan fingerprint density at radius 3 is 2.71 bits per heavy atom. The van der Waals surface area contributed by atoms with Crippen molar-refractivity contribution in [2.45, 2.75) is 36.2 Å². The molecule has 6 heteroatoms. The third-order valence-electron chi connectivity index (χ3n) is 4.25.